The molecule has 3 heterocycles. The van der Waals surface area contributed by atoms with Crippen LogP contribution in [0.3, 0.4) is 0 Å². The van der Waals surface area contributed by atoms with Crippen LogP contribution >= 0.6 is 0 Å². The molecular formula is C29H35N3O2. The largest absolute Gasteiger partial charge is 0.395 e. The van der Waals surface area contributed by atoms with Crippen molar-refractivity contribution in [3.05, 3.63) is 95.9 Å². The van der Waals surface area contributed by atoms with Gasteiger partial charge in [-0.1, -0.05) is 54.6 Å². The van der Waals surface area contributed by atoms with Gasteiger partial charge in [0.2, 0.25) is 0 Å². The lowest BCUT2D eigenvalue weighted by atomic mass is 9.74. The van der Waals surface area contributed by atoms with E-state index in [1.165, 1.54) is 11.1 Å². The number of amides is 1. The molecule has 5 nitrogen and oxygen atoms in total. The Morgan fingerprint density at radius 1 is 1.18 bits per heavy atom. The summed E-state index contributed by atoms with van der Waals surface area (Å²) in [5.74, 6) is 0.136. The fourth-order valence-corrected chi connectivity index (χ4v) is 5.34. The molecule has 0 bridgehead atoms. The molecule has 178 valence electrons. The number of carbonyl (C=O) groups is 1. The minimum atomic E-state index is 0.0259. The van der Waals surface area contributed by atoms with Crippen molar-refractivity contribution >= 4 is 11.5 Å². The Hall–Kier alpha value is -3.02. The second-order valence-corrected chi connectivity index (χ2v) is 9.30. The van der Waals surface area contributed by atoms with Crippen LogP contribution in [0.25, 0.3) is 5.57 Å². The molecule has 2 aromatic rings. The molecule has 5 heteroatoms. The highest BCUT2D eigenvalue weighted by Crippen LogP contribution is 2.39. The Morgan fingerprint density at radius 2 is 1.97 bits per heavy atom. The summed E-state index contributed by atoms with van der Waals surface area (Å²) in [5.41, 5.74) is 5.18. The summed E-state index contributed by atoms with van der Waals surface area (Å²) in [7, 11) is 0. The summed E-state index contributed by atoms with van der Waals surface area (Å²) in [4.78, 5) is 21.6. The van der Waals surface area contributed by atoms with Gasteiger partial charge in [-0.3, -0.25) is 14.7 Å². The van der Waals surface area contributed by atoms with Crippen molar-refractivity contribution in [3.8, 4) is 0 Å². The molecule has 0 spiro atoms. The Bertz CT molecular complexity index is 1080. The predicted octanol–water partition coefficient (Wildman–Crippen LogP) is 4.50. The van der Waals surface area contributed by atoms with Crippen LogP contribution in [0.1, 0.15) is 41.3 Å². The van der Waals surface area contributed by atoms with Crippen molar-refractivity contribution in [3.63, 3.8) is 0 Å². The molecule has 0 radical (unpaired) electrons. The summed E-state index contributed by atoms with van der Waals surface area (Å²) in [6.45, 7) is 11.0. The number of aliphatic hydroxyl groups excluding tert-OH is 1. The monoisotopic (exact) mass is 457 g/mol. The van der Waals surface area contributed by atoms with Crippen molar-refractivity contribution < 1.29 is 9.90 Å². The molecule has 0 unspecified atom stereocenters. The molecule has 4 rings (SSSR count). The number of rotatable bonds is 6. The van der Waals surface area contributed by atoms with Gasteiger partial charge in [-0.2, -0.15) is 0 Å². The zero-order valence-electron chi connectivity index (χ0n) is 20.2. The fourth-order valence-electron chi connectivity index (χ4n) is 5.34. The fraction of sp³-hybridized carbons (Fsp3) is 0.379. The van der Waals surface area contributed by atoms with Crippen molar-refractivity contribution in [1.82, 2.24) is 14.8 Å². The predicted molar refractivity (Wildman–Crippen MR) is 137 cm³/mol. The van der Waals surface area contributed by atoms with Crippen molar-refractivity contribution in [2.45, 2.75) is 38.8 Å². The summed E-state index contributed by atoms with van der Waals surface area (Å²) >= 11 is 0. The first-order valence-corrected chi connectivity index (χ1v) is 12.2. The number of nitrogens with zero attached hydrogens (tertiary/aromatic N) is 3. The Balaban J connectivity index is 1.52. The van der Waals surface area contributed by atoms with E-state index in [1.54, 1.807) is 18.5 Å². The highest BCUT2D eigenvalue weighted by molar-refractivity contribution is 5.93. The van der Waals surface area contributed by atoms with E-state index in [1.807, 2.05) is 17.9 Å². The molecule has 2 fully saturated rings. The minimum Gasteiger partial charge on any atom is -0.395 e. The summed E-state index contributed by atoms with van der Waals surface area (Å²) in [5, 5.41) is 10.2. The van der Waals surface area contributed by atoms with Gasteiger partial charge in [0.05, 0.1) is 12.2 Å². The molecule has 2 aliphatic heterocycles. The second kappa shape index (κ2) is 10.9. The van der Waals surface area contributed by atoms with Gasteiger partial charge >= 0.3 is 0 Å². The average molecular weight is 458 g/mol. The third kappa shape index (κ3) is 5.06. The summed E-state index contributed by atoms with van der Waals surface area (Å²) < 4.78 is 0. The molecule has 34 heavy (non-hydrogen) atoms. The van der Waals surface area contributed by atoms with Crippen LogP contribution in [-0.4, -0.2) is 64.1 Å². The van der Waals surface area contributed by atoms with E-state index in [0.717, 1.165) is 37.1 Å². The SMILES string of the molecule is C=C(/C=C\C(=C/C)c1cccc(C)c1)[C@@H]1[C@@H](CO)N2CCCCN(C(=O)c3cccnc3)C[C@@H]12. The number of aromatic nitrogens is 1. The van der Waals surface area contributed by atoms with Gasteiger partial charge in [0.1, 0.15) is 0 Å². The van der Waals surface area contributed by atoms with Crippen LogP contribution in [0.2, 0.25) is 0 Å². The zero-order chi connectivity index (χ0) is 24.1. The highest BCUT2D eigenvalue weighted by Gasteiger charge is 2.49. The lowest BCUT2D eigenvalue weighted by molar-refractivity contribution is -0.0779. The first-order chi connectivity index (χ1) is 16.5. The number of allylic oxidation sites excluding steroid dienone is 4. The molecule has 2 aliphatic rings. The number of aliphatic hydroxyl groups is 1. The van der Waals surface area contributed by atoms with Crippen LogP contribution < -0.4 is 0 Å². The number of benzene rings is 1. The van der Waals surface area contributed by atoms with E-state index in [-0.39, 0.29) is 30.5 Å². The van der Waals surface area contributed by atoms with Crippen molar-refractivity contribution in [1.29, 1.82) is 0 Å². The lowest BCUT2D eigenvalue weighted by Gasteiger charge is -2.57. The average Bonchev–Trinajstić information content (AvgIpc) is 2.83. The van der Waals surface area contributed by atoms with E-state index in [0.29, 0.717) is 12.1 Å². The molecule has 1 amide bonds. The summed E-state index contributed by atoms with van der Waals surface area (Å²) in [6, 6.07) is 12.3. The molecule has 1 N–H and O–H groups in total. The normalized spacial score (nSPS) is 23.7. The van der Waals surface area contributed by atoms with Gasteiger partial charge in [-0.15, -0.1) is 0 Å². The smallest absolute Gasteiger partial charge is 0.255 e. The zero-order valence-corrected chi connectivity index (χ0v) is 20.2. The highest BCUT2D eigenvalue weighted by atomic mass is 16.3. The molecule has 2 saturated heterocycles. The third-order valence-corrected chi connectivity index (χ3v) is 7.13. The van der Waals surface area contributed by atoms with Gasteiger partial charge in [0.25, 0.3) is 5.91 Å². The first-order valence-electron chi connectivity index (χ1n) is 12.2. The second-order valence-electron chi connectivity index (χ2n) is 9.30. The quantitative estimate of drug-likeness (QED) is 0.649. The van der Waals surface area contributed by atoms with Gasteiger partial charge in [0.15, 0.2) is 0 Å². The molecule has 3 atom stereocenters. The molecule has 1 aromatic heterocycles. The standard InChI is InChI=1S/C29H35N3O2/c1-4-23(24-10-7-9-21(2)17-24)13-12-22(3)28-26-19-31(29(34)25-11-8-14-30-18-25)15-5-6-16-32(26)27(28)20-33/h4,7-14,17-18,26-28,33H,3,5-6,15-16,19-20H2,1-2H3/b13-12-,23-4+/t26-,27+,28-/m0/s1. The maximum atomic E-state index is 13.2. The van der Waals surface area contributed by atoms with Crippen LogP contribution in [0.4, 0.5) is 0 Å². The lowest BCUT2D eigenvalue weighted by Crippen LogP contribution is -2.69. The number of pyridine rings is 1. The topological polar surface area (TPSA) is 56.7 Å². The summed E-state index contributed by atoms with van der Waals surface area (Å²) in [6.07, 6.45) is 11.6. The van der Waals surface area contributed by atoms with Gasteiger partial charge in [-0.05, 0) is 62.1 Å². The minimum absolute atomic E-state index is 0.0259. The van der Waals surface area contributed by atoms with Crippen molar-refractivity contribution in [2.24, 2.45) is 5.92 Å². The number of fused-ring (bicyclic) bond motifs is 1. The number of hydrogen-bond acceptors (Lipinski definition) is 4. The van der Waals surface area contributed by atoms with Gasteiger partial charge in [-0.25, -0.2) is 0 Å². The Labute approximate surface area is 203 Å². The maximum absolute atomic E-state index is 13.2. The Kier molecular flexibility index (Phi) is 7.76. The van der Waals surface area contributed by atoms with Gasteiger partial charge < -0.3 is 10.0 Å². The van der Waals surface area contributed by atoms with E-state index >= 15 is 0 Å². The molecule has 1 aromatic carbocycles. The number of carbonyl (C=O) groups excluding carboxylic acids is 1. The van der Waals surface area contributed by atoms with Crippen LogP contribution in [-0.2, 0) is 0 Å². The number of hydrogen-bond donors (Lipinski definition) is 1. The van der Waals surface area contributed by atoms with Crippen LogP contribution in [0.15, 0.2) is 79.2 Å². The Morgan fingerprint density at radius 3 is 2.68 bits per heavy atom. The van der Waals surface area contributed by atoms with Crippen LogP contribution in [0, 0.1) is 12.8 Å². The van der Waals surface area contributed by atoms with Crippen LogP contribution in [0.5, 0.6) is 0 Å². The van der Waals surface area contributed by atoms with E-state index < -0.39 is 0 Å². The third-order valence-electron chi connectivity index (χ3n) is 7.13. The number of aryl methyl sites for hydroxylation is 1. The van der Waals surface area contributed by atoms with E-state index in [9.17, 15) is 9.90 Å². The van der Waals surface area contributed by atoms with E-state index in [2.05, 4.69) is 65.9 Å². The van der Waals surface area contributed by atoms with E-state index in [4.69, 9.17) is 0 Å². The first kappa shape index (κ1) is 24.1. The molecule has 0 aliphatic carbocycles. The van der Waals surface area contributed by atoms with Gasteiger partial charge in [0, 0.05) is 43.5 Å². The molecular weight excluding hydrogens is 422 g/mol. The maximum Gasteiger partial charge on any atom is 0.255 e. The van der Waals surface area contributed by atoms with Crippen molar-refractivity contribution in [2.75, 3.05) is 26.2 Å². The molecule has 0 saturated carbocycles.